The van der Waals surface area contributed by atoms with Gasteiger partial charge in [0.25, 0.3) is 0 Å². The Balaban J connectivity index is 2.76. The second-order valence-electron chi connectivity index (χ2n) is 3.59. The summed E-state index contributed by atoms with van der Waals surface area (Å²) < 4.78 is 16.1. The van der Waals surface area contributed by atoms with Crippen LogP contribution in [0.5, 0.6) is 0 Å². The molecule has 5 heteroatoms. The van der Waals surface area contributed by atoms with Crippen LogP contribution in [0.4, 0.5) is 0 Å². The fourth-order valence-electron chi connectivity index (χ4n) is 1.65. The zero-order valence-corrected chi connectivity index (χ0v) is 8.88. The Kier molecular flexibility index (Phi) is 3.18. The maximum absolute atomic E-state index is 11.1. The van der Waals surface area contributed by atoms with Crippen molar-refractivity contribution in [2.45, 2.75) is 44.4 Å². The van der Waals surface area contributed by atoms with Crippen LogP contribution >= 0.6 is 7.60 Å². The molecule has 0 aliphatic carbocycles. The molecule has 0 spiro atoms. The molecule has 0 aromatic carbocycles. The third-order valence-corrected chi connectivity index (χ3v) is 4.88. The number of rotatable bonds is 5. The van der Waals surface area contributed by atoms with Crippen LogP contribution in [0.25, 0.3) is 0 Å². The Morgan fingerprint density at radius 1 is 1.46 bits per heavy atom. The van der Waals surface area contributed by atoms with Crippen molar-refractivity contribution < 1.29 is 19.1 Å². The maximum atomic E-state index is 11.1. The molecule has 1 aliphatic rings. The molecule has 1 heterocycles. The fourth-order valence-corrected chi connectivity index (χ4v) is 2.85. The Bertz CT molecular complexity index is 214. The van der Waals surface area contributed by atoms with Crippen LogP contribution in [-0.4, -0.2) is 17.9 Å². The van der Waals surface area contributed by atoms with Gasteiger partial charge in [0.2, 0.25) is 0 Å². The first-order valence-electron chi connectivity index (χ1n) is 4.59. The topological polar surface area (TPSA) is 75.7 Å². The quantitative estimate of drug-likeness (QED) is 0.477. The van der Waals surface area contributed by atoms with Crippen LogP contribution in [0.15, 0.2) is 0 Å². The second kappa shape index (κ2) is 3.70. The summed E-state index contributed by atoms with van der Waals surface area (Å²) in [5, 5.41) is -1.08. The van der Waals surface area contributed by atoms with Gasteiger partial charge in [0.15, 0.2) is 0 Å². The summed E-state index contributed by atoms with van der Waals surface area (Å²) >= 11 is 0. The Labute approximate surface area is 78.5 Å². The van der Waals surface area contributed by atoms with Gasteiger partial charge in [-0.1, -0.05) is 21.4 Å². The molecule has 4 nitrogen and oxygen atoms in total. The highest BCUT2D eigenvalue weighted by Gasteiger charge is 2.37. The molecule has 0 aromatic heterocycles. The van der Waals surface area contributed by atoms with E-state index in [9.17, 15) is 14.4 Å². The zero-order valence-electron chi connectivity index (χ0n) is 7.99. The van der Waals surface area contributed by atoms with Gasteiger partial charge in [-0.15, -0.1) is 0 Å². The molecular weight excluding hydrogens is 191 g/mol. The SMILES string of the molecule is CCC(CC)(CC1CO1)P(=O)([O-])[O-]. The zero-order chi connectivity index (χ0) is 10.1. The van der Waals surface area contributed by atoms with Crippen LogP contribution in [-0.2, 0) is 9.30 Å². The summed E-state index contributed by atoms with van der Waals surface area (Å²) in [6.45, 7) is 4.09. The van der Waals surface area contributed by atoms with E-state index in [2.05, 4.69) is 0 Å². The molecular formula is C8H15O4P-2. The average molecular weight is 206 g/mol. The van der Waals surface area contributed by atoms with Gasteiger partial charge in [0, 0.05) is 5.16 Å². The first kappa shape index (κ1) is 11.2. The third-order valence-electron chi connectivity index (χ3n) is 2.91. The van der Waals surface area contributed by atoms with E-state index in [4.69, 9.17) is 4.74 Å². The van der Waals surface area contributed by atoms with Gasteiger partial charge in [0.1, 0.15) is 0 Å². The predicted octanol–water partition coefficient (Wildman–Crippen LogP) is 0.248. The molecule has 0 aromatic rings. The minimum atomic E-state index is -4.50. The van der Waals surface area contributed by atoms with E-state index < -0.39 is 12.8 Å². The lowest BCUT2D eigenvalue weighted by Crippen LogP contribution is -2.39. The summed E-state index contributed by atoms with van der Waals surface area (Å²) in [5.74, 6) is 0. The average Bonchev–Trinajstić information content (AvgIpc) is 2.81. The van der Waals surface area contributed by atoms with E-state index >= 15 is 0 Å². The number of epoxide rings is 1. The second-order valence-corrected chi connectivity index (χ2v) is 5.53. The van der Waals surface area contributed by atoms with E-state index in [0.29, 0.717) is 25.9 Å². The van der Waals surface area contributed by atoms with Crippen LogP contribution in [0.3, 0.4) is 0 Å². The molecule has 0 bridgehead atoms. The maximum Gasteiger partial charge on any atom is 0.0818 e. The highest BCUT2D eigenvalue weighted by molar-refractivity contribution is 7.50. The van der Waals surface area contributed by atoms with E-state index in [-0.39, 0.29) is 6.10 Å². The lowest BCUT2D eigenvalue weighted by Gasteiger charge is -2.49. The van der Waals surface area contributed by atoms with Crippen molar-refractivity contribution >= 4 is 7.60 Å². The summed E-state index contributed by atoms with van der Waals surface area (Å²) in [4.78, 5) is 22.2. The first-order chi connectivity index (χ1) is 5.95. The van der Waals surface area contributed by atoms with Gasteiger partial charge < -0.3 is 19.1 Å². The minimum absolute atomic E-state index is 0.00359. The monoisotopic (exact) mass is 206 g/mol. The molecule has 1 saturated heterocycles. The molecule has 0 amide bonds. The van der Waals surface area contributed by atoms with Gasteiger partial charge in [0.05, 0.1) is 12.7 Å². The highest BCUT2D eigenvalue weighted by atomic mass is 31.2. The highest BCUT2D eigenvalue weighted by Crippen LogP contribution is 2.51. The molecule has 1 aliphatic heterocycles. The van der Waals surface area contributed by atoms with Gasteiger partial charge in [-0.3, -0.25) is 0 Å². The Morgan fingerprint density at radius 2 is 1.92 bits per heavy atom. The molecule has 1 atom stereocenters. The minimum Gasteiger partial charge on any atom is -0.810 e. The number of hydrogen-bond donors (Lipinski definition) is 0. The molecule has 0 saturated carbocycles. The lowest BCUT2D eigenvalue weighted by atomic mass is 9.96. The van der Waals surface area contributed by atoms with E-state index in [1.807, 2.05) is 0 Å². The Morgan fingerprint density at radius 3 is 2.15 bits per heavy atom. The van der Waals surface area contributed by atoms with Crippen molar-refractivity contribution in [3.63, 3.8) is 0 Å². The van der Waals surface area contributed by atoms with Crippen molar-refractivity contribution in [2.24, 2.45) is 0 Å². The molecule has 1 fully saturated rings. The molecule has 78 valence electrons. The smallest absolute Gasteiger partial charge is 0.0818 e. The van der Waals surface area contributed by atoms with Gasteiger partial charge in [-0.25, -0.2) is 0 Å². The summed E-state index contributed by atoms with van der Waals surface area (Å²) in [6, 6.07) is 0. The van der Waals surface area contributed by atoms with Crippen molar-refractivity contribution in [3.8, 4) is 0 Å². The largest absolute Gasteiger partial charge is 0.810 e. The van der Waals surface area contributed by atoms with Gasteiger partial charge in [-0.2, -0.15) is 0 Å². The van der Waals surface area contributed by atoms with Crippen molar-refractivity contribution in [1.29, 1.82) is 0 Å². The number of ether oxygens (including phenoxy) is 1. The third kappa shape index (κ3) is 2.32. The molecule has 1 unspecified atom stereocenters. The molecule has 13 heavy (non-hydrogen) atoms. The molecule has 0 N–H and O–H groups in total. The van der Waals surface area contributed by atoms with Crippen LogP contribution in [0.1, 0.15) is 33.1 Å². The van der Waals surface area contributed by atoms with E-state index in [0.717, 1.165) is 0 Å². The molecule has 1 rings (SSSR count). The lowest BCUT2D eigenvalue weighted by molar-refractivity contribution is -0.321. The van der Waals surface area contributed by atoms with Crippen LogP contribution < -0.4 is 9.79 Å². The normalized spacial score (nSPS) is 23.2. The van der Waals surface area contributed by atoms with Crippen LogP contribution in [0.2, 0.25) is 0 Å². The van der Waals surface area contributed by atoms with E-state index in [1.165, 1.54) is 0 Å². The Hall–Kier alpha value is 0.110. The predicted molar refractivity (Wildman–Crippen MR) is 45.3 cm³/mol. The van der Waals surface area contributed by atoms with Crippen molar-refractivity contribution in [2.75, 3.05) is 6.61 Å². The van der Waals surface area contributed by atoms with Crippen molar-refractivity contribution in [1.82, 2.24) is 0 Å². The van der Waals surface area contributed by atoms with Gasteiger partial charge in [-0.05, 0) is 19.3 Å². The fraction of sp³-hybridized carbons (Fsp3) is 1.00. The first-order valence-corrected chi connectivity index (χ1v) is 6.13. The van der Waals surface area contributed by atoms with Crippen molar-refractivity contribution in [3.05, 3.63) is 0 Å². The van der Waals surface area contributed by atoms with Crippen LogP contribution in [0, 0.1) is 0 Å². The number of hydrogen-bond acceptors (Lipinski definition) is 4. The standard InChI is InChI=1S/C8H17O4P/c1-3-8(4-2,13(9,10)11)5-7-6-12-7/h7H,3-6H2,1-2H3,(H2,9,10,11)/p-2. The summed E-state index contributed by atoms with van der Waals surface area (Å²) in [5.41, 5.74) is 0. The summed E-state index contributed by atoms with van der Waals surface area (Å²) in [7, 11) is -4.50. The van der Waals surface area contributed by atoms with Gasteiger partial charge >= 0.3 is 0 Å². The van der Waals surface area contributed by atoms with E-state index in [1.54, 1.807) is 13.8 Å². The molecule has 0 radical (unpaired) electrons. The summed E-state index contributed by atoms with van der Waals surface area (Å²) in [6.07, 6.45) is 1.13.